The van der Waals surface area contributed by atoms with Crippen LogP contribution in [0.25, 0.3) is 0 Å². The number of nitrogen functional groups attached to an aromatic ring is 1. The van der Waals surface area contributed by atoms with Gasteiger partial charge in [-0.1, -0.05) is 20.3 Å². The van der Waals surface area contributed by atoms with E-state index in [-0.39, 0.29) is 22.9 Å². The van der Waals surface area contributed by atoms with Crippen LogP contribution in [0.5, 0.6) is 0 Å². The fourth-order valence-electron chi connectivity index (χ4n) is 2.81. The van der Waals surface area contributed by atoms with Crippen LogP contribution in [0.2, 0.25) is 0 Å². The van der Waals surface area contributed by atoms with Crippen LogP contribution in [0.3, 0.4) is 0 Å². The molecule has 0 radical (unpaired) electrons. The molecule has 1 amide bonds. The first-order valence-corrected chi connectivity index (χ1v) is 6.73. The number of nitrogens with two attached hydrogens (primary N) is 1. The highest BCUT2D eigenvalue weighted by Gasteiger charge is 2.29. The van der Waals surface area contributed by atoms with Crippen molar-refractivity contribution < 1.29 is 9.18 Å². The van der Waals surface area contributed by atoms with Crippen molar-refractivity contribution in [1.82, 2.24) is 5.32 Å². The second kappa shape index (κ2) is 5.19. The molecule has 1 saturated carbocycles. The zero-order valence-corrected chi connectivity index (χ0v) is 11.5. The van der Waals surface area contributed by atoms with Gasteiger partial charge < -0.3 is 11.1 Å². The van der Waals surface area contributed by atoms with Gasteiger partial charge in [-0.15, -0.1) is 0 Å². The van der Waals surface area contributed by atoms with Crippen LogP contribution in [-0.2, 0) is 0 Å². The first-order chi connectivity index (χ1) is 8.87. The summed E-state index contributed by atoms with van der Waals surface area (Å²) in [4.78, 5) is 12.1. The van der Waals surface area contributed by atoms with Crippen molar-refractivity contribution in [2.75, 3.05) is 5.73 Å². The molecule has 1 atom stereocenters. The summed E-state index contributed by atoms with van der Waals surface area (Å²) in [5.74, 6) is -0.719. The van der Waals surface area contributed by atoms with Crippen LogP contribution < -0.4 is 11.1 Å². The van der Waals surface area contributed by atoms with Crippen LogP contribution in [0.15, 0.2) is 18.2 Å². The molecule has 3 nitrogen and oxygen atoms in total. The van der Waals surface area contributed by atoms with Crippen LogP contribution in [-0.4, -0.2) is 11.9 Å². The van der Waals surface area contributed by atoms with Gasteiger partial charge in [0.05, 0.1) is 5.56 Å². The first-order valence-electron chi connectivity index (χ1n) is 6.73. The van der Waals surface area contributed by atoms with E-state index in [1.54, 1.807) is 0 Å². The molecule has 1 aromatic carbocycles. The molecule has 1 aliphatic rings. The van der Waals surface area contributed by atoms with E-state index >= 15 is 0 Å². The molecule has 0 heterocycles. The fourth-order valence-corrected chi connectivity index (χ4v) is 2.81. The average Bonchev–Trinajstić information content (AvgIpc) is 2.31. The SMILES string of the molecule is CC1(C)CCCC(NC(=O)c2cc(F)ccc2N)C1. The van der Waals surface area contributed by atoms with Gasteiger partial charge in [0, 0.05) is 11.7 Å². The summed E-state index contributed by atoms with van der Waals surface area (Å²) in [6, 6.07) is 4.03. The van der Waals surface area contributed by atoms with Crippen LogP contribution in [0.1, 0.15) is 49.9 Å². The lowest BCUT2D eigenvalue weighted by Gasteiger charge is -2.35. The minimum Gasteiger partial charge on any atom is -0.398 e. The molecule has 1 aliphatic carbocycles. The predicted molar refractivity (Wildman–Crippen MR) is 74.3 cm³/mol. The fraction of sp³-hybridized carbons (Fsp3) is 0.533. The highest BCUT2D eigenvalue weighted by molar-refractivity contribution is 5.99. The molecule has 3 N–H and O–H groups in total. The lowest BCUT2D eigenvalue weighted by Crippen LogP contribution is -2.40. The summed E-state index contributed by atoms with van der Waals surface area (Å²) in [6.07, 6.45) is 4.22. The number of hydrogen-bond acceptors (Lipinski definition) is 2. The normalized spacial score (nSPS) is 21.9. The van der Waals surface area contributed by atoms with Crippen molar-refractivity contribution in [3.05, 3.63) is 29.6 Å². The molecule has 2 rings (SSSR count). The minimum atomic E-state index is -0.441. The number of carbonyl (C=O) groups excluding carboxylic acids is 1. The van der Waals surface area contributed by atoms with E-state index in [2.05, 4.69) is 19.2 Å². The van der Waals surface area contributed by atoms with Gasteiger partial charge in [-0.2, -0.15) is 0 Å². The van der Waals surface area contributed by atoms with E-state index in [4.69, 9.17) is 5.73 Å². The zero-order valence-electron chi connectivity index (χ0n) is 11.5. The predicted octanol–water partition coefficient (Wildman–Crippen LogP) is 3.11. The van der Waals surface area contributed by atoms with Gasteiger partial charge in [-0.3, -0.25) is 4.79 Å². The van der Waals surface area contributed by atoms with E-state index in [9.17, 15) is 9.18 Å². The summed E-state index contributed by atoms with van der Waals surface area (Å²) in [5, 5.41) is 2.97. The Balaban J connectivity index is 2.06. The summed E-state index contributed by atoms with van der Waals surface area (Å²) in [7, 11) is 0. The van der Waals surface area contributed by atoms with Crippen molar-refractivity contribution in [3.63, 3.8) is 0 Å². The molecule has 1 fully saturated rings. The number of amides is 1. The van der Waals surface area contributed by atoms with Crippen molar-refractivity contribution >= 4 is 11.6 Å². The van der Waals surface area contributed by atoms with Gasteiger partial charge in [0.1, 0.15) is 5.82 Å². The molecule has 0 spiro atoms. The quantitative estimate of drug-likeness (QED) is 0.806. The van der Waals surface area contributed by atoms with Crippen molar-refractivity contribution in [2.24, 2.45) is 5.41 Å². The number of anilines is 1. The van der Waals surface area contributed by atoms with E-state index in [1.807, 2.05) is 0 Å². The van der Waals surface area contributed by atoms with E-state index in [1.165, 1.54) is 24.6 Å². The van der Waals surface area contributed by atoms with Crippen molar-refractivity contribution in [2.45, 2.75) is 45.6 Å². The molecular formula is C15H21FN2O. The van der Waals surface area contributed by atoms with Crippen LogP contribution in [0, 0.1) is 11.2 Å². The second-order valence-electron chi connectivity index (χ2n) is 6.16. The summed E-state index contributed by atoms with van der Waals surface area (Å²) in [5.41, 5.74) is 6.51. The molecule has 0 saturated heterocycles. The Labute approximate surface area is 113 Å². The van der Waals surface area contributed by atoms with Crippen LogP contribution >= 0.6 is 0 Å². The van der Waals surface area contributed by atoms with Gasteiger partial charge in [-0.25, -0.2) is 4.39 Å². The first kappa shape index (κ1) is 13.8. The minimum absolute atomic E-state index is 0.152. The van der Waals surface area contributed by atoms with Gasteiger partial charge >= 0.3 is 0 Å². The molecule has 1 unspecified atom stereocenters. The zero-order chi connectivity index (χ0) is 14.0. The third-order valence-corrected chi connectivity index (χ3v) is 3.80. The molecule has 0 aliphatic heterocycles. The maximum atomic E-state index is 13.2. The molecule has 4 heteroatoms. The number of benzene rings is 1. The Morgan fingerprint density at radius 2 is 2.21 bits per heavy atom. The standard InChI is InChI=1S/C15H21FN2O/c1-15(2)7-3-4-11(9-15)18-14(19)12-8-10(16)5-6-13(12)17/h5-6,8,11H,3-4,7,9,17H2,1-2H3,(H,18,19). The van der Waals surface area contributed by atoms with Crippen LogP contribution in [0.4, 0.5) is 10.1 Å². The van der Waals surface area contributed by atoms with Crippen molar-refractivity contribution in [3.8, 4) is 0 Å². The molecular weight excluding hydrogens is 243 g/mol. The Kier molecular flexibility index (Phi) is 3.78. The van der Waals surface area contributed by atoms with E-state index < -0.39 is 5.82 Å². The average molecular weight is 264 g/mol. The third kappa shape index (κ3) is 3.46. The maximum absolute atomic E-state index is 13.2. The number of halogens is 1. The van der Waals surface area contributed by atoms with Crippen molar-refractivity contribution in [1.29, 1.82) is 0 Å². The Morgan fingerprint density at radius 3 is 2.89 bits per heavy atom. The third-order valence-electron chi connectivity index (χ3n) is 3.80. The summed E-state index contributed by atoms with van der Waals surface area (Å²) in [6.45, 7) is 4.42. The second-order valence-corrected chi connectivity index (χ2v) is 6.16. The molecule has 19 heavy (non-hydrogen) atoms. The maximum Gasteiger partial charge on any atom is 0.253 e. The summed E-state index contributed by atoms with van der Waals surface area (Å²) >= 11 is 0. The van der Waals surface area contributed by atoms with E-state index in [0.717, 1.165) is 19.3 Å². The Hall–Kier alpha value is -1.58. The van der Waals surface area contributed by atoms with Gasteiger partial charge in [0.25, 0.3) is 5.91 Å². The smallest absolute Gasteiger partial charge is 0.253 e. The Morgan fingerprint density at radius 1 is 1.47 bits per heavy atom. The number of carbonyl (C=O) groups is 1. The Bertz CT molecular complexity index is 485. The molecule has 0 aromatic heterocycles. The highest BCUT2D eigenvalue weighted by atomic mass is 19.1. The molecule has 1 aromatic rings. The lowest BCUT2D eigenvalue weighted by atomic mass is 9.75. The van der Waals surface area contributed by atoms with E-state index in [0.29, 0.717) is 5.69 Å². The largest absolute Gasteiger partial charge is 0.398 e. The van der Waals surface area contributed by atoms with Gasteiger partial charge in [-0.05, 0) is 42.9 Å². The van der Waals surface area contributed by atoms with Gasteiger partial charge in [0.15, 0.2) is 0 Å². The number of nitrogens with one attached hydrogen (secondary N) is 1. The number of hydrogen-bond donors (Lipinski definition) is 2. The van der Waals surface area contributed by atoms with Gasteiger partial charge in [0.2, 0.25) is 0 Å². The molecule has 0 bridgehead atoms. The summed E-state index contributed by atoms with van der Waals surface area (Å²) < 4.78 is 13.2. The monoisotopic (exact) mass is 264 g/mol. The lowest BCUT2D eigenvalue weighted by molar-refractivity contribution is 0.0903. The topological polar surface area (TPSA) is 55.1 Å². The molecule has 104 valence electrons. The highest BCUT2D eigenvalue weighted by Crippen LogP contribution is 2.35. The number of rotatable bonds is 2.